The van der Waals surface area contributed by atoms with E-state index in [1.165, 1.54) is 5.56 Å². The second-order valence-corrected chi connectivity index (χ2v) is 6.59. The van der Waals surface area contributed by atoms with Crippen LogP contribution in [0, 0.1) is 5.92 Å². The molecular formula is C21H25N3O3. The van der Waals surface area contributed by atoms with Crippen molar-refractivity contribution >= 4 is 0 Å². The van der Waals surface area contributed by atoms with Crippen LogP contribution >= 0.6 is 0 Å². The Bertz CT molecular complexity index is 862. The van der Waals surface area contributed by atoms with Crippen molar-refractivity contribution in [2.24, 2.45) is 5.92 Å². The molecule has 3 rings (SSSR count). The quantitative estimate of drug-likeness (QED) is 0.642. The number of hydrogen-bond donors (Lipinski definition) is 1. The molecule has 0 bridgehead atoms. The number of ether oxygens (including phenoxy) is 2. The molecule has 6 nitrogen and oxygen atoms in total. The van der Waals surface area contributed by atoms with Gasteiger partial charge in [0.25, 0.3) is 0 Å². The third-order valence-electron chi connectivity index (χ3n) is 4.42. The van der Waals surface area contributed by atoms with Gasteiger partial charge in [0.05, 0.1) is 26.3 Å². The van der Waals surface area contributed by atoms with Crippen molar-refractivity contribution in [3.05, 3.63) is 60.0 Å². The maximum atomic E-state index is 5.43. The minimum atomic E-state index is 0.206. The van der Waals surface area contributed by atoms with Crippen LogP contribution in [-0.4, -0.2) is 24.4 Å². The molecule has 2 aromatic carbocycles. The zero-order valence-corrected chi connectivity index (χ0v) is 16.1. The molecule has 0 radical (unpaired) electrons. The maximum Gasteiger partial charge on any atom is 0.240 e. The molecule has 1 N–H and O–H groups in total. The summed E-state index contributed by atoms with van der Waals surface area (Å²) in [5, 5.41) is 7.62. The van der Waals surface area contributed by atoms with E-state index in [0.29, 0.717) is 35.7 Å². The van der Waals surface area contributed by atoms with E-state index >= 15 is 0 Å². The van der Waals surface area contributed by atoms with Crippen LogP contribution in [0.2, 0.25) is 0 Å². The average molecular weight is 367 g/mol. The molecule has 27 heavy (non-hydrogen) atoms. The van der Waals surface area contributed by atoms with Gasteiger partial charge in [-0.05, 0) is 23.6 Å². The number of nitrogens with one attached hydrogen (secondary N) is 1. The molecule has 3 aromatic rings. The zero-order valence-electron chi connectivity index (χ0n) is 16.1. The number of benzene rings is 2. The first-order chi connectivity index (χ1) is 13.1. The number of aromatic nitrogens is 2. The molecule has 0 amide bonds. The van der Waals surface area contributed by atoms with Crippen molar-refractivity contribution in [1.29, 1.82) is 0 Å². The van der Waals surface area contributed by atoms with Gasteiger partial charge in [-0.3, -0.25) is 0 Å². The van der Waals surface area contributed by atoms with Gasteiger partial charge in [0.1, 0.15) is 11.5 Å². The lowest BCUT2D eigenvalue weighted by Crippen LogP contribution is -2.25. The standard InChI is InChI=1S/C21H25N3O3/c1-14(2)20(15-8-6-5-7-9-15)22-13-19-23-21(24-27-19)17-11-10-16(25-3)12-18(17)26-4/h5-12,14,20,22H,13H2,1-4H3. The predicted molar refractivity (Wildman–Crippen MR) is 104 cm³/mol. The summed E-state index contributed by atoms with van der Waals surface area (Å²) in [5.74, 6) is 2.80. The van der Waals surface area contributed by atoms with Crippen molar-refractivity contribution in [2.75, 3.05) is 14.2 Å². The molecule has 0 aliphatic rings. The van der Waals surface area contributed by atoms with Crippen LogP contribution in [0.1, 0.15) is 31.3 Å². The van der Waals surface area contributed by atoms with Gasteiger partial charge in [0.15, 0.2) is 0 Å². The topological polar surface area (TPSA) is 69.4 Å². The summed E-state index contributed by atoms with van der Waals surface area (Å²) in [6.07, 6.45) is 0. The van der Waals surface area contributed by atoms with Gasteiger partial charge >= 0.3 is 0 Å². The van der Waals surface area contributed by atoms with Crippen LogP contribution in [0.5, 0.6) is 11.5 Å². The van der Waals surface area contributed by atoms with Gasteiger partial charge < -0.3 is 19.3 Å². The summed E-state index contributed by atoms with van der Waals surface area (Å²) in [5.41, 5.74) is 2.00. The molecule has 1 aromatic heterocycles. The monoisotopic (exact) mass is 367 g/mol. The van der Waals surface area contributed by atoms with E-state index in [4.69, 9.17) is 14.0 Å². The second-order valence-electron chi connectivity index (χ2n) is 6.59. The van der Waals surface area contributed by atoms with E-state index in [2.05, 4.69) is 41.4 Å². The maximum absolute atomic E-state index is 5.43. The summed E-state index contributed by atoms with van der Waals surface area (Å²) in [4.78, 5) is 4.51. The number of methoxy groups -OCH3 is 2. The third kappa shape index (κ3) is 4.46. The lowest BCUT2D eigenvalue weighted by molar-refractivity contribution is 0.337. The Hall–Kier alpha value is -2.86. The van der Waals surface area contributed by atoms with Crippen LogP contribution in [0.3, 0.4) is 0 Å². The highest BCUT2D eigenvalue weighted by molar-refractivity contribution is 5.65. The SMILES string of the molecule is COc1ccc(-c2noc(CNC(c3ccccc3)C(C)C)n2)c(OC)c1. The molecule has 1 heterocycles. The molecular weight excluding hydrogens is 342 g/mol. The Labute approximate surface area is 159 Å². The van der Waals surface area contributed by atoms with Crippen molar-refractivity contribution in [2.45, 2.75) is 26.4 Å². The molecule has 0 fully saturated rings. The minimum absolute atomic E-state index is 0.206. The van der Waals surface area contributed by atoms with Crippen LogP contribution in [0.15, 0.2) is 53.1 Å². The second kappa shape index (κ2) is 8.68. The molecule has 0 saturated carbocycles. The highest BCUT2D eigenvalue weighted by Crippen LogP contribution is 2.31. The summed E-state index contributed by atoms with van der Waals surface area (Å²) >= 11 is 0. The largest absolute Gasteiger partial charge is 0.497 e. The van der Waals surface area contributed by atoms with Gasteiger partial charge in [0, 0.05) is 12.1 Å². The van der Waals surface area contributed by atoms with E-state index in [0.717, 1.165) is 5.56 Å². The van der Waals surface area contributed by atoms with E-state index in [1.54, 1.807) is 20.3 Å². The van der Waals surface area contributed by atoms with E-state index in [1.807, 2.05) is 30.3 Å². The molecule has 142 valence electrons. The summed E-state index contributed by atoms with van der Waals surface area (Å²) in [6, 6.07) is 16.1. The molecule has 1 unspecified atom stereocenters. The molecule has 0 aliphatic heterocycles. The van der Waals surface area contributed by atoms with E-state index in [9.17, 15) is 0 Å². The molecule has 0 aliphatic carbocycles. The Morgan fingerprint density at radius 3 is 2.48 bits per heavy atom. The van der Waals surface area contributed by atoms with Crippen molar-refractivity contribution in [3.8, 4) is 22.9 Å². The van der Waals surface area contributed by atoms with Crippen molar-refractivity contribution < 1.29 is 14.0 Å². The Morgan fingerprint density at radius 2 is 1.81 bits per heavy atom. The normalized spacial score (nSPS) is 12.2. The molecule has 0 spiro atoms. The van der Waals surface area contributed by atoms with Crippen LogP contribution in [0.25, 0.3) is 11.4 Å². The van der Waals surface area contributed by atoms with Crippen molar-refractivity contribution in [3.63, 3.8) is 0 Å². The summed E-state index contributed by atoms with van der Waals surface area (Å²) in [7, 11) is 3.22. The zero-order chi connectivity index (χ0) is 19.2. The third-order valence-corrected chi connectivity index (χ3v) is 4.42. The lowest BCUT2D eigenvalue weighted by Gasteiger charge is -2.22. The Balaban J connectivity index is 1.74. The smallest absolute Gasteiger partial charge is 0.240 e. The lowest BCUT2D eigenvalue weighted by atomic mass is 9.96. The van der Waals surface area contributed by atoms with Crippen LogP contribution in [0.4, 0.5) is 0 Å². The Kier molecular flexibility index (Phi) is 6.08. The fraction of sp³-hybridized carbons (Fsp3) is 0.333. The first kappa shape index (κ1) is 18.9. The highest BCUT2D eigenvalue weighted by atomic mass is 16.5. The molecule has 1 atom stereocenters. The van der Waals surface area contributed by atoms with Crippen LogP contribution < -0.4 is 14.8 Å². The first-order valence-corrected chi connectivity index (χ1v) is 8.95. The molecule has 6 heteroatoms. The van der Waals surface area contributed by atoms with E-state index < -0.39 is 0 Å². The average Bonchev–Trinajstić information content (AvgIpc) is 3.17. The fourth-order valence-electron chi connectivity index (χ4n) is 3.02. The number of rotatable bonds is 8. The van der Waals surface area contributed by atoms with Gasteiger partial charge in [-0.2, -0.15) is 4.98 Å². The summed E-state index contributed by atoms with van der Waals surface area (Å²) < 4.78 is 16.1. The minimum Gasteiger partial charge on any atom is -0.497 e. The number of nitrogens with zero attached hydrogens (tertiary/aromatic N) is 2. The van der Waals surface area contributed by atoms with Gasteiger partial charge in [-0.1, -0.05) is 49.3 Å². The van der Waals surface area contributed by atoms with Crippen molar-refractivity contribution in [1.82, 2.24) is 15.5 Å². The summed E-state index contributed by atoms with van der Waals surface area (Å²) in [6.45, 7) is 4.86. The number of hydrogen-bond acceptors (Lipinski definition) is 6. The fourth-order valence-corrected chi connectivity index (χ4v) is 3.02. The van der Waals surface area contributed by atoms with Gasteiger partial charge in [-0.15, -0.1) is 0 Å². The van der Waals surface area contributed by atoms with Gasteiger partial charge in [0.2, 0.25) is 11.7 Å². The predicted octanol–water partition coefficient (Wildman–Crippen LogP) is 4.24. The first-order valence-electron chi connectivity index (χ1n) is 8.95. The highest BCUT2D eigenvalue weighted by Gasteiger charge is 2.18. The Morgan fingerprint density at radius 1 is 1.04 bits per heavy atom. The van der Waals surface area contributed by atoms with Gasteiger partial charge in [-0.25, -0.2) is 0 Å². The molecule has 0 saturated heterocycles. The van der Waals surface area contributed by atoms with E-state index in [-0.39, 0.29) is 6.04 Å². The van der Waals surface area contributed by atoms with Crippen LogP contribution in [-0.2, 0) is 6.54 Å².